The van der Waals surface area contributed by atoms with Gasteiger partial charge in [-0.15, -0.1) is 0 Å². The highest BCUT2D eigenvalue weighted by Gasteiger charge is 2.63. The van der Waals surface area contributed by atoms with E-state index in [-0.39, 0.29) is 10.9 Å². The Kier molecular flexibility index (Phi) is 2.86. The van der Waals surface area contributed by atoms with Crippen molar-refractivity contribution in [3.63, 3.8) is 0 Å². The van der Waals surface area contributed by atoms with Gasteiger partial charge in [0.1, 0.15) is 0 Å². The Morgan fingerprint density at radius 2 is 1.95 bits per heavy atom. The van der Waals surface area contributed by atoms with Crippen LogP contribution in [0.25, 0.3) is 0 Å². The summed E-state index contributed by atoms with van der Waals surface area (Å²) < 4.78 is 26.1. The Bertz CT molecular complexity index is 628. The fourth-order valence-electron chi connectivity index (χ4n) is 3.41. The van der Waals surface area contributed by atoms with Gasteiger partial charge >= 0.3 is 0 Å². The molecule has 20 heavy (non-hydrogen) atoms. The van der Waals surface area contributed by atoms with E-state index in [9.17, 15) is 13.2 Å². The van der Waals surface area contributed by atoms with Gasteiger partial charge in [-0.1, -0.05) is 13.8 Å². The number of aromatic nitrogens is 2. The van der Waals surface area contributed by atoms with Crippen LogP contribution in [-0.2, 0) is 14.8 Å². The summed E-state index contributed by atoms with van der Waals surface area (Å²) >= 11 is 0. The Morgan fingerprint density at radius 1 is 1.30 bits per heavy atom. The molecule has 1 aromatic rings. The van der Waals surface area contributed by atoms with Crippen LogP contribution >= 0.6 is 0 Å². The second-order valence-electron chi connectivity index (χ2n) is 6.22. The number of amides is 1. The smallest absolute Gasteiger partial charge is 0.274 e. The van der Waals surface area contributed by atoms with Gasteiger partial charge in [0.05, 0.1) is 6.20 Å². The van der Waals surface area contributed by atoms with Crippen molar-refractivity contribution >= 4 is 15.9 Å². The van der Waals surface area contributed by atoms with Gasteiger partial charge in [-0.25, -0.2) is 9.71 Å². The predicted octanol–water partition coefficient (Wildman–Crippen LogP) is 0.964. The van der Waals surface area contributed by atoms with E-state index < -0.39 is 15.9 Å². The second-order valence-corrected chi connectivity index (χ2v) is 7.85. The Morgan fingerprint density at radius 3 is 2.50 bits per heavy atom. The zero-order valence-electron chi connectivity index (χ0n) is 11.4. The molecule has 1 aromatic heterocycles. The van der Waals surface area contributed by atoms with E-state index in [4.69, 9.17) is 0 Å². The van der Waals surface area contributed by atoms with E-state index in [1.165, 1.54) is 12.4 Å². The molecule has 3 atom stereocenters. The summed E-state index contributed by atoms with van der Waals surface area (Å²) in [6.07, 6.45) is 5.35. The van der Waals surface area contributed by atoms with Gasteiger partial charge in [-0.3, -0.25) is 9.78 Å². The lowest BCUT2D eigenvalue weighted by molar-refractivity contribution is -0.123. The van der Waals surface area contributed by atoms with Crippen molar-refractivity contribution in [1.29, 1.82) is 0 Å². The van der Waals surface area contributed by atoms with E-state index in [0.29, 0.717) is 17.3 Å². The lowest BCUT2D eigenvalue weighted by Crippen LogP contribution is -2.36. The molecule has 2 aliphatic rings. The first-order valence-electron chi connectivity index (χ1n) is 6.65. The van der Waals surface area contributed by atoms with Crippen LogP contribution in [0.3, 0.4) is 0 Å². The summed E-state index contributed by atoms with van der Waals surface area (Å²) in [5.41, 5.74) is 0.320. The molecule has 3 rings (SSSR count). The molecule has 0 spiro atoms. The van der Waals surface area contributed by atoms with Crippen LogP contribution in [-0.4, -0.2) is 24.3 Å². The summed E-state index contributed by atoms with van der Waals surface area (Å²) in [4.78, 5) is 19.5. The Hall–Kier alpha value is -1.50. The number of hydrogen-bond acceptors (Lipinski definition) is 5. The summed E-state index contributed by atoms with van der Waals surface area (Å²) in [5.74, 6) is 0.484. The fraction of sp³-hybridized carbons (Fsp3) is 0.615. The standard InChI is InChI=1S/C13H17N3O3S/c1-13(2)9-5-8(6-10(9)13)12(17)16-20(18,19)11-7-14-3-4-15-11/h3-4,7-10H,5-6H2,1-2H3,(H,16,17)/t8?,9-,10+. The van der Waals surface area contributed by atoms with E-state index in [1.54, 1.807) is 0 Å². The molecular formula is C13H17N3O3S. The van der Waals surface area contributed by atoms with Gasteiger partial charge in [0.2, 0.25) is 5.91 Å². The maximum Gasteiger partial charge on any atom is 0.283 e. The summed E-state index contributed by atoms with van der Waals surface area (Å²) in [6, 6.07) is 0. The van der Waals surface area contributed by atoms with Crippen LogP contribution in [0.2, 0.25) is 0 Å². The van der Waals surface area contributed by atoms with Crippen LogP contribution < -0.4 is 4.72 Å². The lowest BCUT2D eigenvalue weighted by Gasteiger charge is -2.16. The highest BCUT2D eigenvalue weighted by molar-refractivity contribution is 7.90. The summed E-state index contributed by atoms with van der Waals surface area (Å²) in [6.45, 7) is 4.40. The van der Waals surface area contributed by atoms with Gasteiger partial charge in [-0.05, 0) is 30.1 Å². The number of carbonyl (C=O) groups is 1. The van der Waals surface area contributed by atoms with E-state index in [1.807, 2.05) is 0 Å². The molecule has 7 heteroatoms. The van der Waals surface area contributed by atoms with Crippen molar-refractivity contribution in [3.8, 4) is 0 Å². The van der Waals surface area contributed by atoms with Gasteiger partial charge in [-0.2, -0.15) is 8.42 Å². The highest BCUT2D eigenvalue weighted by atomic mass is 32.2. The molecule has 2 aliphatic carbocycles. The Balaban J connectivity index is 1.66. The molecule has 1 N–H and O–H groups in total. The lowest BCUT2D eigenvalue weighted by atomic mass is 9.93. The number of hydrogen-bond donors (Lipinski definition) is 1. The van der Waals surface area contributed by atoms with E-state index in [0.717, 1.165) is 19.0 Å². The molecule has 0 aliphatic heterocycles. The minimum atomic E-state index is -3.90. The highest BCUT2D eigenvalue weighted by Crippen LogP contribution is 2.68. The zero-order valence-corrected chi connectivity index (χ0v) is 12.2. The van der Waals surface area contributed by atoms with Crippen molar-refractivity contribution in [2.24, 2.45) is 23.2 Å². The minimum absolute atomic E-state index is 0.204. The third-order valence-corrected chi connectivity index (χ3v) is 6.02. The van der Waals surface area contributed by atoms with Crippen molar-refractivity contribution in [2.45, 2.75) is 31.7 Å². The van der Waals surface area contributed by atoms with Gasteiger partial charge < -0.3 is 0 Å². The molecule has 6 nitrogen and oxygen atoms in total. The summed E-state index contributed by atoms with van der Waals surface area (Å²) in [5, 5.41) is -0.225. The molecular weight excluding hydrogens is 278 g/mol. The number of sulfonamides is 1. The van der Waals surface area contributed by atoms with E-state index in [2.05, 4.69) is 28.5 Å². The fourth-order valence-corrected chi connectivity index (χ4v) is 4.34. The number of carbonyl (C=O) groups excluding carboxylic acids is 1. The van der Waals surface area contributed by atoms with Crippen molar-refractivity contribution in [3.05, 3.63) is 18.6 Å². The predicted molar refractivity (Wildman–Crippen MR) is 70.8 cm³/mol. The van der Waals surface area contributed by atoms with Gasteiger partial charge in [0, 0.05) is 18.3 Å². The molecule has 2 saturated carbocycles. The summed E-state index contributed by atoms with van der Waals surface area (Å²) in [7, 11) is -3.90. The van der Waals surface area contributed by atoms with Crippen LogP contribution in [0.1, 0.15) is 26.7 Å². The topological polar surface area (TPSA) is 89.0 Å². The first kappa shape index (κ1) is 13.5. The van der Waals surface area contributed by atoms with Crippen LogP contribution in [0.15, 0.2) is 23.6 Å². The average Bonchev–Trinajstić information content (AvgIpc) is 2.81. The maximum atomic E-state index is 12.1. The van der Waals surface area contributed by atoms with E-state index >= 15 is 0 Å². The number of rotatable bonds is 3. The third-order valence-electron chi connectivity index (χ3n) is 4.79. The number of fused-ring (bicyclic) bond motifs is 1. The minimum Gasteiger partial charge on any atom is -0.274 e. The van der Waals surface area contributed by atoms with Crippen LogP contribution in [0.4, 0.5) is 0 Å². The first-order valence-corrected chi connectivity index (χ1v) is 8.13. The SMILES string of the molecule is CC1(C)[C@@H]2CC(C(=O)NS(=O)(=O)c3cnccn3)C[C@@H]21. The number of nitrogens with zero attached hydrogens (tertiary/aromatic N) is 2. The molecule has 0 radical (unpaired) electrons. The maximum absolute atomic E-state index is 12.1. The molecule has 0 bridgehead atoms. The van der Waals surface area contributed by atoms with Crippen molar-refractivity contribution in [2.75, 3.05) is 0 Å². The van der Waals surface area contributed by atoms with Crippen LogP contribution in [0, 0.1) is 23.2 Å². The Labute approximate surface area is 118 Å². The molecule has 0 saturated heterocycles. The molecule has 108 valence electrons. The molecule has 1 heterocycles. The quantitative estimate of drug-likeness (QED) is 0.897. The second kappa shape index (κ2) is 4.25. The van der Waals surface area contributed by atoms with Crippen LogP contribution in [0.5, 0.6) is 0 Å². The molecule has 1 unspecified atom stereocenters. The average molecular weight is 295 g/mol. The molecule has 1 amide bonds. The number of nitrogens with one attached hydrogen (secondary N) is 1. The molecule has 0 aromatic carbocycles. The third kappa shape index (κ3) is 2.09. The van der Waals surface area contributed by atoms with Gasteiger partial charge in [0.15, 0.2) is 5.03 Å². The largest absolute Gasteiger partial charge is 0.283 e. The monoisotopic (exact) mass is 295 g/mol. The molecule has 2 fully saturated rings. The van der Waals surface area contributed by atoms with Crippen molar-refractivity contribution in [1.82, 2.24) is 14.7 Å². The van der Waals surface area contributed by atoms with Gasteiger partial charge in [0.25, 0.3) is 10.0 Å². The zero-order chi connectivity index (χ0) is 14.5. The first-order chi connectivity index (χ1) is 9.32. The van der Waals surface area contributed by atoms with Crippen molar-refractivity contribution < 1.29 is 13.2 Å². The normalized spacial score (nSPS) is 30.6.